The van der Waals surface area contributed by atoms with Gasteiger partial charge in [-0.05, 0) is 22.3 Å². The number of alkyl carbamates (subject to hydrolysis) is 1. The van der Waals surface area contributed by atoms with E-state index in [1.807, 2.05) is 36.4 Å². The Kier molecular flexibility index (Phi) is 6.19. The molecule has 0 saturated carbocycles. The van der Waals surface area contributed by atoms with E-state index in [9.17, 15) is 19.5 Å². The fourth-order valence-corrected chi connectivity index (χ4v) is 4.49. The second-order valence-corrected chi connectivity index (χ2v) is 8.42. The second kappa shape index (κ2) is 9.59. The largest absolute Gasteiger partial charge is 0.481 e. The monoisotopic (exact) mass is 477 g/mol. The molecule has 1 aliphatic heterocycles. The molecule has 3 aromatic rings. The number of carbonyl (C=O) groups is 3. The molecule has 0 radical (unpaired) electrons. The van der Waals surface area contributed by atoms with Crippen LogP contribution in [0.1, 0.15) is 33.3 Å². The van der Waals surface area contributed by atoms with E-state index in [0.29, 0.717) is 0 Å². The number of rotatable bonds is 7. The number of carboxylic acid groups (broad SMARTS) is 1. The molecule has 5 rings (SSSR count). The van der Waals surface area contributed by atoms with Gasteiger partial charge in [-0.2, -0.15) is 0 Å². The average molecular weight is 477 g/mol. The summed E-state index contributed by atoms with van der Waals surface area (Å²) in [5, 5.41) is 18.1. The summed E-state index contributed by atoms with van der Waals surface area (Å²) in [6.07, 6.45) is -0.623. The highest BCUT2D eigenvalue weighted by molar-refractivity contribution is 5.92. The van der Waals surface area contributed by atoms with Crippen molar-refractivity contribution in [3.05, 3.63) is 77.2 Å². The highest BCUT2D eigenvalue weighted by Gasteiger charge is 2.35. The van der Waals surface area contributed by atoms with Crippen LogP contribution in [0.2, 0.25) is 0 Å². The first-order valence-electron chi connectivity index (χ1n) is 11.2. The van der Waals surface area contributed by atoms with E-state index in [0.717, 1.165) is 22.3 Å². The van der Waals surface area contributed by atoms with Crippen molar-refractivity contribution in [1.82, 2.24) is 15.8 Å². The Labute approximate surface area is 200 Å². The number of aromatic nitrogens is 1. The van der Waals surface area contributed by atoms with Gasteiger partial charge in [0.1, 0.15) is 12.5 Å². The van der Waals surface area contributed by atoms with Crippen molar-refractivity contribution >= 4 is 18.0 Å². The number of benzene rings is 2. The van der Waals surface area contributed by atoms with Gasteiger partial charge in [0.15, 0.2) is 11.5 Å². The molecule has 35 heavy (non-hydrogen) atoms. The molecule has 2 atom stereocenters. The first kappa shape index (κ1) is 22.6. The molecule has 2 aromatic carbocycles. The van der Waals surface area contributed by atoms with Crippen LogP contribution >= 0.6 is 0 Å². The van der Waals surface area contributed by atoms with Crippen molar-refractivity contribution in [2.45, 2.75) is 18.5 Å². The van der Waals surface area contributed by atoms with Crippen molar-refractivity contribution in [3.63, 3.8) is 0 Å². The number of carboxylic acids is 1. The molecule has 0 bridgehead atoms. The summed E-state index contributed by atoms with van der Waals surface area (Å²) in [5.74, 6) is -2.24. The first-order valence-corrected chi connectivity index (χ1v) is 11.2. The van der Waals surface area contributed by atoms with Crippen LogP contribution in [0.15, 0.2) is 59.1 Å². The van der Waals surface area contributed by atoms with E-state index >= 15 is 0 Å². The number of nitrogens with zero attached hydrogens (tertiary/aromatic N) is 1. The third-order valence-electron chi connectivity index (χ3n) is 6.26. The van der Waals surface area contributed by atoms with Gasteiger partial charge in [-0.1, -0.05) is 53.7 Å². The van der Waals surface area contributed by atoms with Crippen LogP contribution in [-0.2, 0) is 20.8 Å². The lowest BCUT2D eigenvalue weighted by Gasteiger charge is -2.14. The molecule has 1 saturated heterocycles. The van der Waals surface area contributed by atoms with Crippen LogP contribution in [-0.4, -0.2) is 54.1 Å². The maximum Gasteiger partial charge on any atom is 0.407 e. The fourth-order valence-electron chi connectivity index (χ4n) is 4.49. The van der Waals surface area contributed by atoms with Crippen LogP contribution in [0.3, 0.4) is 0 Å². The Hall–Kier alpha value is -4.18. The minimum atomic E-state index is -1.04. The summed E-state index contributed by atoms with van der Waals surface area (Å²) in [5.41, 5.74) is 4.49. The van der Waals surface area contributed by atoms with Gasteiger partial charge in [0.05, 0.1) is 25.8 Å². The van der Waals surface area contributed by atoms with Gasteiger partial charge in [0, 0.05) is 12.0 Å². The number of hydrogen-bond donors (Lipinski definition) is 3. The summed E-state index contributed by atoms with van der Waals surface area (Å²) < 4.78 is 15.7. The average Bonchev–Trinajstić information content (AvgIpc) is 3.59. The predicted molar refractivity (Wildman–Crippen MR) is 122 cm³/mol. The van der Waals surface area contributed by atoms with E-state index < -0.39 is 29.9 Å². The third kappa shape index (κ3) is 4.60. The maximum atomic E-state index is 12.4. The van der Waals surface area contributed by atoms with Gasteiger partial charge in [-0.3, -0.25) is 9.59 Å². The highest BCUT2D eigenvalue weighted by Crippen LogP contribution is 2.44. The summed E-state index contributed by atoms with van der Waals surface area (Å²) >= 11 is 0. The Morgan fingerprint density at radius 2 is 1.71 bits per heavy atom. The Morgan fingerprint density at radius 3 is 2.40 bits per heavy atom. The van der Waals surface area contributed by atoms with Gasteiger partial charge in [0.2, 0.25) is 0 Å². The molecule has 2 unspecified atom stereocenters. The summed E-state index contributed by atoms with van der Waals surface area (Å²) in [7, 11) is 0. The summed E-state index contributed by atoms with van der Waals surface area (Å²) in [4.78, 5) is 35.9. The first-order chi connectivity index (χ1) is 17.0. The summed E-state index contributed by atoms with van der Waals surface area (Å²) in [6.45, 7) is 0.296. The molecule has 3 N–H and O–H groups in total. The number of amides is 2. The molecule has 2 amide bonds. The fraction of sp³-hybridized carbons (Fsp3) is 0.280. The van der Waals surface area contributed by atoms with Crippen LogP contribution < -0.4 is 10.6 Å². The maximum absolute atomic E-state index is 12.4. The summed E-state index contributed by atoms with van der Waals surface area (Å²) in [6, 6.07) is 16.9. The van der Waals surface area contributed by atoms with Crippen LogP contribution in [0, 0.1) is 5.92 Å². The van der Waals surface area contributed by atoms with Crippen molar-refractivity contribution in [1.29, 1.82) is 0 Å². The third-order valence-corrected chi connectivity index (χ3v) is 6.26. The number of aliphatic carboxylic acids is 1. The smallest absolute Gasteiger partial charge is 0.407 e. The Morgan fingerprint density at radius 1 is 1.03 bits per heavy atom. The molecule has 10 nitrogen and oxygen atoms in total. The zero-order chi connectivity index (χ0) is 24.4. The zero-order valence-electron chi connectivity index (χ0n) is 18.6. The van der Waals surface area contributed by atoms with E-state index in [1.54, 1.807) is 0 Å². The molecule has 1 aliphatic carbocycles. The minimum absolute atomic E-state index is 0.0228. The molecule has 2 heterocycles. The lowest BCUT2D eigenvalue weighted by atomic mass is 9.98. The quantitative estimate of drug-likeness (QED) is 0.472. The van der Waals surface area contributed by atoms with Crippen molar-refractivity contribution in [2.75, 3.05) is 19.8 Å². The number of hydrogen-bond acceptors (Lipinski definition) is 7. The number of fused-ring (bicyclic) bond motifs is 3. The van der Waals surface area contributed by atoms with Crippen molar-refractivity contribution < 1.29 is 33.5 Å². The molecule has 10 heteroatoms. The van der Waals surface area contributed by atoms with Crippen LogP contribution in [0.5, 0.6) is 0 Å². The number of nitrogens with one attached hydrogen (secondary N) is 2. The predicted octanol–water partition coefficient (Wildman–Crippen LogP) is 2.54. The van der Waals surface area contributed by atoms with Crippen LogP contribution in [0.4, 0.5) is 4.79 Å². The molecule has 2 aliphatic rings. The lowest BCUT2D eigenvalue weighted by Crippen LogP contribution is -2.42. The second-order valence-electron chi connectivity index (χ2n) is 8.42. The molecule has 180 valence electrons. The van der Waals surface area contributed by atoms with Crippen molar-refractivity contribution in [3.8, 4) is 11.1 Å². The topological polar surface area (TPSA) is 140 Å². The van der Waals surface area contributed by atoms with Gasteiger partial charge in [0.25, 0.3) is 5.91 Å². The Balaban J connectivity index is 1.14. The standard InChI is InChI=1S/C25H23N3O7/c29-23(27-22-13-33-11-20(22)24(30)31)21-9-14(35-28-21)10-26-25(32)34-12-19-17-7-3-1-5-15(17)16-6-2-4-8-18(16)19/h1-9,19-20,22H,10-13H2,(H,26,32)(H,27,29)(H,30,31). The minimum Gasteiger partial charge on any atom is -0.481 e. The lowest BCUT2D eigenvalue weighted by molar-refractivity contribution is -0.142. The molecular formula is C25H23N3O7. The van der Waals surface area contributed by atoms with Crippen molar-refractivity contribution in [2.24, 2.45) is 5.92 Å². The van der Waals surface area contributed by atoms with Gasteiger partial charge in [-0.15, -0.1) is 0 Å². The molecular weight excluding hydrogens is 454 g/mol. The van der Waals surface area contributed by atoms with Gasteiger partial charge < -0.3 is 29.7 Å². The van der Waals surface area contributed by atoms with E-state index in [2.05, 4.69) is 27.9 Å². The van der Waals surface area contributed by atoms with E-state index in [1.165, 1.54) is 6.07 Å². The zero-order valence-corrected chi connectivity index (χ0v) is 18.6. The normalized spacial score (nSPS) is 18.5. The SMILES string of the molecule is O=C(NCc1cc(C(=O)NC2COCC2C(=O)O)no1)OCC1c2ccccc2-c2ccccc21. The molecule has 1 aromatic heterocycles. The van der Waals surface area contributed by atoms with E-state index in [-0.39, 0.29) is 43.7 Å². The highest BCUT2D eigenvalue weighted by atomic mass is 16.5. The Bertz CT molecular complexity index is 1230. The number of carbonyl (C=O) groups excluding carboxylic acids is 2. The molecule has 1 fully saturated rings. The van der Waals surface area contributed by atoms with Gasteiger partial charge >= 0.3 is 12.1 Å². The van der Waals surface area contributed by atoms with Crippen LogP contribution in [0.25, 0.3) is 11.1 Å². The molecule has 0 spiro atoms. The number of ether oxygens (including phenoxy) is 2. The van der Waals surface area contributed by atoms with Gasteiger partial charge in [-0.25, -0.2) is 4.79 Å². The van der Waals surface area contributed by atoms with E-state index in [4.69, 9.17) is 14.0 Å².